The van der Waals surface area contributed by atoms with Crippen LogP contribution in [0.4, 0.5) is 4.39 Å². The molecule has 3 heteroatoms. The standard InChI is InChI=1S/C17H18FNO/c1-10-7-14-8-13(4-6-17(14)20-10)15-9-12(11(2)19)3-5-16(15)18/h3-6,8-11H,7,19H2,1-2H3. The van der Waals surface area contributed by atoms with E-state index in [1.54, 1.807) is 6.07 Å². The minimum atomic E-state index is -0.221. The van der Waals surface area contributed by atoms with Crippen LogP contribution in [0.1, 0.15) is 31.0 Å². The first kappa shape index (κ1) is 13.1. The van der Waals surface area contributed by atoms with Crippen LogP contribution in [0.2, 0.25) is 0 Å². The second-order valence-electron chi connectivity index (χ2n) is 5.48. The van der Waals surface area contributed by atoms with Crippen molar-refractivity contribution in [2.45, 2.75) is 32.4 Å². The number of fused-ring (bicyclic) bond motifs is 1. The number of nitrogens with two attached hydrogens (primary N) is 1. The van der Waals surface area contributed by atoms with Gasteiger partial charge in [0.05, 0.1) is 0 Å². The molecule has 2 atom stereocenters. The van der Waals surface area contributed by atoms with Gasteiger partial charge in [0.1, 0.15) is 17.7 Å². The molecule has 2 N–H and O–H groups in total. The summed E-state index contributed by atoms with van der Waals surface area (Å²) < 4.78 is 19.8. The average molecular weight is 271 g/mol. The Morgan fingerprint density at radius 3 is 2.80 bits per heavy atom. The second kappa shape index (κ2) is 4.91. The first-order valence-corrected chi connectivity index (χ1v) is 6.89. The predicted octanol–water partition coefficient (Wildman–Crippen LogP) is 3.84. The van der Waals surface area contributed by atoms with Crippen molar-refractivity contribution in [2.24, 2.45) is 5.73 Å². The van der Waals surface area contributed by atoms with Crippen molar-refractivity contribution in [3.63, 3.8) is 0 Å². The van der Waals surface area contributed by atoms with Gasteiger partial charge in [-0.2, -0.15) is 0 Å². The Kier molecular flexibility index (Phi) is 3.22. The molecule has 2 aromatic carbocycles. The lowest BCUT2D eigenvalue weighted by molar-refractivity contribution is 0.254. The van der Waals surface area contributed by atoms with E-state index in [1.807, 2.05) is 38.1 Å². The number of hydrogen-bond acceptors (Lipinski definition) is 2. The summed E-state index contributed by atoms with van der Waals surface area (Å²) in [5, 5.41) is 0. The molecule has 0 radical (unpaired) electrons. The smallest absolute Gasteiger partial charge is 0.131 e. The van der Waals surface area contributed by atoms with Gasteiger partial charge in [0.15, 0.2) is 0 Å². The molecule has 0 bridgehead atoms. The van der Waals surface area contributed by atoms with Crippen LogP contribution in [0, 0.1) is 5.82 Å². The monoisotopic (exact) mass is 271 g/mol. The van der Waals surface area contributed by atoms with Crippen molar-refractivity contribution in [1.29, 1.82) is 0 Å². The highest BCUT2D eigenvalue weighted by molar-refractivity contribution is 5.67. The van der Waals surface area contributed by atoms with Crippen LogP contribution in [0.5, 0.6) is 5.75 Å². The topological polar surface area (TPSA) is 35.2 Å². The number of hydrogen-bond donors (Lipinski definition) is 1. The zero-order valence-electron chi connectivity index (χ0n) is 11.7. The molecule has 2 unspecified atom stereocenters. The first-order valence-electron chi connectivity index (χ1n) is 6.89. The fourth-order valence-corrected chi connectivity index (χ4v) is 2.64. The van der Waals surface area contributed by atoms with Crippen LogP contribution in [-0.2, 0) is 6.42 Å². The molecule has 0 saturated carbocycles. The van der Waals surface area contributed by atoms with E-state index in [2.05, 4.69) is 0 Å². The Bertz CT molecular complexity index is 651. The first-order chi connectivity index (χ1) is 9.54. The molecule has 0 amide bonds. The van der Waals surface area contributed by atoms with E-state index in [0.29, 0.717) is 5.56 Å². The molecule has 0 aromatic heterocycles. The van der Waals surface area contributed by atoms with Crippen molar-refractivity contribution in [3.05, 3.63) is 53.3 Å². The number of ether oxygens (including phenoxy) is 1. The van der Waals surface area contributed by atoms with Gasteiger partial charge in [0.2, 0.25) is 0 Å². The third-order valence-electron chi connectivity index (χ3n) is 3.72. The molecule has 104 valence electrons. The highest BCUT2D eigenvalue weighted by Gasteiger charge is 2.20. The van der Waals surface area contributed by atoms with Crippen molar-refractivity contribution in [3.8, 4) is 16.9 Å². The zero-order chi connectivity index (χ0) is 14.3. The number of benzene rings is 2. The molecule has 1 aliphatic heterocycles. The Morgan fingerprint density at radius 1 is 1.25 bits per heavy atom. The van der Waals surface area contributed by atoms with Crippen LogP contribution in [0.3, 0.4) is 0 Å². The summed E-state index contributed by atoms with van der Waals surface area (Å²) in [6.45, 7) is 3.94. The van der Waals surface area contributed by atoms with Crippen LogP contribution in [0.25, 0.3) is 11.1 Å². The molecule has 0 aliphatic carbocycles. The van der Waals surface area contributed by atoms with E-state index in [-0.39, 0.29) is 18.0 Å². The highest BCUT2D eigenvalue weighted by Crippen LogP contribution is 2.34. The number of rotatable bonds is 2. The molecule has 0 saturated heterocycles. The van der Waals surface area contributed by atoms with E-state index in [4.69, 9.17) is 10.5 Å². The van der Waals surface area contributed by atoms with Crippen LogP contribution < -0.4 is 10.5 Å². The summed E-state index contributed by atoms with van der Waals surface area (Å²) in [6, 6.07) is 10.8. The summed E-state index contributed by atoms with van der Waals surface area (Å²) in [4.78, 5) is 0. The van der Waals surface area contributed by atoms with Gasteiger partial charge in [-0.25, -0.2) is 4.39 Å². The quantitative estimate of drug-likeness (QED) is 0.900. The minimum Gasteiger partial charge on any atom is -0.490 e. The summed E-state index contributed by atoms with van der Waals surface area (Å²) in [7, 11) is 0. The maximum atomic E-state index is 14.1. The van der Waals surface area contributed by atoms with Crippen LogP contribution in [0.15, 0.2) is 36.4 Å². The SMILES string of the molecule is CC1Cc2cc(-c3cc(C(C)N)ccc3F)ccc2O1. The van der Waals surface area contributed by atoms with E-state index < -0.39 is 0 Å². The molecular weight excluding hydrogens is 253 g/mol. The molecule has 0 spiro atoms. The molecule has 0 fully saturated rings. The van der Waals surface area contributed by atoms with E-state index in [9.17, 15) is 4.39 Å². The molecule has 20 heavy (non-hydrogen) atoms. The average Bonchev–Trinajstić information content (AvgIpc) is 2.78. The second-order valence-corrected chi connectivity index (χ2v) is 5.48. The third-order valence-corrected chi connectivity index (χ3v) is 3.72. The molecule has 3 rings (SSSR count). The molecule has 1 heterocycles. The van der Waals surface area contributed by atoms with E-state index in [1.165, 1.54) is 6.07 Å². The lowest BCUT2D eigenvalue weighted by Gasteiger charge is -2.10. The van der Waals surface area contributed by atoms with Gasteiger partial charge < -0.3 is 10.5 Å². The van der Waals surface area contributed by atoms with Gasteiger partial charge >= 0.3 is 0 Å². The molecule has 2 aromatic rings. The largest absolute Gasteiger partial charge is 0.490 e. The molecular formula is C17H18FNO. The van der Waals surface area contributed by atoms with E-state index >= 15 is 0 Å². The maximum Gasteiger partial charge on any atom is 0.131 e. The predicted molar refractivity (Wildman–Crippen MR) is 78.2 cm³/mol. The normalized spacial score (nSPS) is 18.5. The summed E-state index contributed by atoms with van der Waals surface area (Å²) in [6.07, 6.45) is 1.07. The fourth-order valence-electron chi connectivity index (χ4n) is 2.64. The van der Waals surface area contributed by atoms with Gasteiger partial charge in [-0.15, -0.1) is 0 Å². The van der Waals surface area contributed by atoms with Crippen molar-refractivity contribution in [2.75, 3.05) is 0 Å². The molecule has 1 aliphatic rings. The van der Waals surface area contributed by atoms with Crippen molar-refractivity contribution < 1.29 is 9.13 Å². The third kappa shape index (κ3) is 2.29. The molecule has 2 nitrogen and oxygen atoms in total. The summed E-state index contributed by atoms with van der Waals surface area (Å²) in [5.74, 6) is 0.686. The van der Waals surface area contributed by atoms with Crippen molar-refractivity contribution >= 4 is 0 Å². The summed E-state index contributed by atoms with van der Waals surface area (Å²) >= 11 is 0. The Balaban J connectivity index is 2.05. The van der Waals surface area contributed by atoms with E-state index in [0.717, 1.165) is 28.9 Å². The highest BCUT2D eigenvalue weighted by atomic mass is 19.1. The Labute approximate surface area is 118 Å². The van der Waals surface area contributed by atoms with Gasteiger partial charge in [-0.05, 0) is 54.8 Å². The van der Waals surface area contributed by atoms with Crippen LogP contribution >= 0.6 is 0 Å². The number of halogens is 1. The Morgan fingerprint density at radius 2 is 2.05 bits per heavy atom. The van der Waals surface area contributed by atoms with Gasteiger partial charge in [-0.1, -0.05) is 12.1 Å². The van der Waals surface area contributed by atoms with Gasteiger partial charge in [0, 0.05) is 18.0 Å². The lowest BCUT2D eigenvalue weighted by Crippen LogP contribution is -2.05. The van der Waals surface area contributed by atoms with Crippen molar-refractivity contribution in [1.82, 2.24) is 0 Å². The maximum absolute atomic E-state index is 14.1. The Hall–Kier alpha value is -1.87. The zero-order valence-corrected chi connectivity index (χ0v) is 11.7. The summed E-state index contributed by atoms with van der Waals surface area (Å²) in [5.41, 5.74) is 9.43. The van der Waals surface area contributed by atoms with Crippen LogP contribution in [-0.4, -0.2) is 6.10 Å². The fraction of sp³-hybridized carbons (Fsp3) is 0.294. The van der Waals surface area contributed by atoms with Gasteiger partial charge in [0.25, 0.3) is 0 Å². The lowest BCUT2D eigenvalue weighted by atomic mass is 9.97. The minimum absolute atomic E-state index is 0.105. The van der Waals surface area contributed by atoms with Gasteiger partial charge in [-0.3, -0.25) is 0 Å².